The summed E-state index contributed by atoms with van der Waals surface area (Å²) in [6.45, 7) is 5.21. The van der Waals surface area contributed by atoms with E-state index in [0.29, 0.717) is 0 Å². The zero-order valence-electron chi connectivity index (χ0n) is 10.2. The molecule has 0 bridgehead atoms. The fourth-order valence-corrected chi connectivity index (χ4v) is 2.65. The van der Waals surface area contributed by atoms with Gasteiger partial charge in [-0.25, -0.2) is 0 Å². The maximum atomic E-state index is 4.30. The molecule has 0 aliphatic rings. The van der Waals surface area contributed by atoms with Gasteiger partial charge >= 0.3 is 0 Å². The number of rotatable bonds is 5. The van der Waals surface area contributed by atoms with Gasteiger partial charge in [0.25, 0.3) is 0 Å². The first-order valence-electron chi connectivity index (χ1n) is 5.85. The molecular weight excluding hydrogens is 230 g/mol. The molecule has 2 rings (SSSR count). The van der Waals surface area contributed by atoms with Crippen LogP contribution in [-0.4, -0.2) is 9.97 Å². The molecule has 4 heteroatoms. The number of hydrogen-bond donors (Lipinski definition) is 1. The lowest BCUT2D eigenvalue weighted by molar-refractivity contribution is 0.561. The van der Waals surface area contributed by atoms with Gasteiger partial charge < -0.3 is 5.32 Å². The van der Waals surface area contributed by atoms with Crippen LogP contribution in [-0.2, 0) is 13.0 Å². The van der Waals surface area contributed by atoms with E-state index in [1.165, 1.54) is 10.4 Å². The molecule has 1 N–H and O–H groups in total. The van der Waals surface area contributed by atoms with Gasteiger partial charge in [0.05, 0.1) is 5.69 Å². The van der Waals surface area contributed by atoms with Crippen LogP contribution in [0.25, 0.3) is 0 Å². The van der Waals surface area contributed by atoms with Crippen LogP contribution >= 0.6 is 11.3 Å². The van der Waals surface area contributed by atoms with Gasteiger partial charge in [-0.15, -0.1) is 11.3 Å². The van der Waals surface area contributed by atoms with Crippen molar-refractivity contribution in [3.8, 4) is 0 Å². The van der Waals surface area contributed by atoms with E-state index in [-0.39, 0.29) is 6.04 Å². The molecule has 2 aromatic rings. The molecule has 0 aromatic carbocycles. The minimum atomic E-state index is 0.232. The Morgan fingerprint density at radius 3 is 3.00 bits per heavy atom. The van der Waals surface area contributed by atoms with Crippen molar-refractivity contribution in [3.05, 3.63) is 46.2 Å². The van der Waals surface area contributed by atoms with Crippen LogP contribution in [0.15, 0.2) is 30.0 Å². The quantitative estimate of drug-likeness (QED) is 0.882. The summed E-state index contributed by atoms with van der Waals surface area (Å²) in [5.74, 6) is 0. The largest absolute Gasteiger partial charge is 0.304 e. The summed E-state index contributed by atoms with van der Waals surface area (Å²) < 4.78 is 0. The van der Waals surface area contributed by atoms with Gasteiger partial charge in [-0.05, 0) is 30.4 Å². The first-order chi connectivity index (χ1) is 8.31. The molecule has 0 amide bonds. The highest BCUT2D eigenvalue weighted by Crippen LogP contribution is 2.18. The minimum Gasteiger partial charge on any atom is -0.304 e. The van der Waals surface area contributed by atoms with E-state index in [0.717, 1.165) is 18.7 Å². The lowest BCUT2D eigenvalue weighted by Crippen LogP contribution is -2.19. The van der Waals surface area contributed by atoms with Crippen LogP contribution < -0.4 is 5.32 Å². The highest BCUT2D eigenvalue weighted by molar-refractivity contribution is 7.10. The average Bonchev–Trinajstić information content (AvgIpc) is 2.84. The Kier molecular flexibility index (Phi) is 4.23. The van der Waals surface area contributed by atoms with Crippen molar-refractivity contribution in [1.29, 1.82) is 0 Å². The fourth-order valence-electron chi connectivity index (χ4n) is 1.72. The van der Waals surface area contributed by atoms with E-state index in [2.05, 4.69) is 40.6 Å². The molecule has 3 nitrogen and oxygen atoms in total. The highest BCUT2D eigenvalue weighted by Gasteiger charge is 2.08. The number of thiophene rings is 1. The number of nitrogens with zero attached hydrogens (tertiary/aromatic N) is 2. The van der Waals surface area contributed by atoms with E-state index < -0.39 is 0 Å². The summed E-state index contributed by atoms with van der Waals surface area (Å²) in [6, 6.07) is 2.43. The van der Waals surface area contributed by atoms with Crippen molar-refractivity contribution >= 4 is 11.3 Å². The zero-order valence-corrected chi connectivity index (χ0v) is 11.0. The molecule has 0 aliphatic heterocycles. The van der Waals surface area contributed by atoms with Crippen LogP contribution in [0, 0.1) is 0 Å². The molecule has 17 heavy (non-hydrogen) atoms. The summed E-state index contributed by atoms with van der Waals surface area (Å²) >= 11 is 1.81. The summed E-state index contributed by atoms with van der Waals surface area (Å²) in [7, 11) is 0. The zero-order chi connectivity index (χ0) is 12.1. The van der Waals surface area contributed by atoms with Crippen molar-refractivity contribution in [2.45, 2.75) is 32.9 Å². The monoisotopic (exact) mass is 247 g/mol. The highest BCUT2D eigenvalue weighted by atomic mass is 32.1. The van der Waals surface area contributed by atoms with Crippen LogP contribution in [0.4, 0.5) is 0 Å². The lowest BCUT2D eigenvalue weighted by Gasteiger charge is -2.12. The predicted octanol–water partition coefficient (Wildman–Crippen LogP) is 2.95. The number of aryl methyl sites for hydroxylation is 1. The van der Waals surface area contributed by atoms with E-state index >= 15 is 0 Å². The van der Waals surface area contributed by atoms with Gasteiger partial charge in [-0.1, -0.05) is 6.92 Å². The Morgan fingerprint density at radius 2 is 2.29 bits per heavy atom. The third-order valence-electron chi connectivity index (χ3n) is 2.81. The first-order valence-corrected chi connectivity index (χ1v) is 6.73. The summed E-state index contributed by atoms with van der Waals surface area (Å²) in [5, 5.41) is 5.64. The topological polar surface area (TPSA) is 37.8 Å². The van der Waals surface area contributed by atoms with Gasteiger partial charge in [-0.3, -0.25) is 9.97 Å². The molecule has 0 spiro atoms. The van der Waals surface area contributed by atoms with Crippen molar-refractivity contribution in [1.82, 2.24) is 15.3 Å². The maximum Gasteiger partial charge on any atom is 0.0753 e. The van der Waals surface area contributed by atoms with Crippen molar-refractivity contribution in [3.63, 3.8) is 0 Å². The van der Waals surface area contributed by atoms with E-state index in [1.54, 1.807) is 12.4 Å². The average molecular weight is 247 g/mol. The summed E-state index contributed by atoms with van der Waals surface area (Å²) in [5.41, 5.74) is 2.43. The van der Waals surface area contributed by atoms with Crippen molar-refractivity contribution in [2.24, 2.45) is 0 Å². The number of aromatic nitrogens is 2. The maximum absolute atomic E-state index is 4.30. The minimum absolute atomic E-state index is 0.232. The predicted molar refractivity (Wildman–Crippen MR) is 71.0 cm³/mol. The molecular formula is C13H17N3S. The van der Waals surface area contributed by atoms with E-state index in [9.17, 15) is 0 Å². The molecule has 0 saturated carbocycles. The molecule has 2 aromatic heterocycles. The van der Waals surface area contributed by atoms with E-state index in [1.807, 2.05) is 17.5 Å². The Morgan fingerprint density at radius 1 is 1.41 bits per heavy atom. The van der Waals surface area contributed by atoms with Gasteiger partial charge in [-0.2, -0.15) is 0 Å². The second kappa shape index (κ2) is 5.89. The smallest absolute Gasteiger partial charge is 0.0753 e. The standard InChI is InChI=1S/C13H17N3S/c1-3-11-4-7-17-13(11)9-16-10(2)12-8-14-5-6-15-12/h4-8,10,16H,3,9H2,1-2H3. The fraction of sp³-hybridized carbons (Fsp3) is 0.385. The number of nitrogens with one attached hydrogen (secondary N) is 1. The molecule has 0 radical (unpaired) electrons. The summed E-state index contributed by atoms with van der Waals surface area (Å²) in [6.07, 6.45) is 6.34. The van der Waals surface area contributed by atoms with Crippen LogP contribution in [0.3, 0.4) is 0 Å². The van der Waals surface area contributed by atoms with Crippen LogP contribution in [0.1, 0.15) is 36.0 Å². The molecule has 2 heterocycles. The van der Waals surface area contributed by atoms with Gasteiger partial charge in [0, 0.05) is 36.1 Å². The van der Waals surface area contributed by atoms with Crippen molar-refractivity contribution < 1.29 is 0 Å². The second-order valence-electron chi connectivity index (χ2n) is 3.96. The third-order valence-corrected chi connectivity index (χ3v) is 3.78. The first kappa shape index (κ1) is 12.2. The Bertz CT molecular complexity index is 453. The van der Waals surface area contributed by atoms with E-state index in [4.69, 9.17) is 0 Å². The van der Waals surface area contributed by atoms with Gasteiger partial charge in [0.2, 0.25) is 0 Å². The SMILES string of the molecule is CCc1ccsc1CNC(C)c1cnccn1. The van der Waals surface area contributed by atoms with Gasteiger partial charge in [0.15, 0.2) is 0 Å². The van der Waals surface area contributed by atoms with Gasteiger partial charge in [0.1, 0.15) is 0 Å². The molecule has 0 aliphatic carbocycles. The van der Waals surface area contributed by atoms with Crippen LogP contribution in [0.2, 0.25) is 0 Å². The Labute approximate surface area is 106 Å². The molecule has 1 atom stereocenters. The summed E-state index contributed by atoms with van der Waals surface area (Å²) in [4.78, 5) is 9.80. The Balaban J connectivity index is 1.95. The normalized spacial score (nSPS) is 12.6. The molecule has 1 unspecified atom stereocenters. The number of hydrogen-bond acceptors (Lipinski definition) is 4. The van der Waals surface area contributed by atoms with Crippen molar-refractivity contribution in [2.75, 3.05) is 0 Å². The molecule has 90 valence electrons. The molecule has 0 fully saturated rings. The second-order valence-corrected chi connectivity index (χ2v) is 4.96. The molecule has 0 saturated heterocycles. The van der Waals surface area contributed by atoms with Crippen LogP contribution in [0.5, 0.6) is 0 Å². The third kappa shape index (κ3) is 3.11. The Hall–Kier alpha value is -1.26. The lowest BCUT2D eigenvalue weighted by atomic mass is 10.2.